The Kier molecular flexibility index (Phi) is 4.63. The fraction of sp³-hybridized carbons (Fsp3) is 0.538. The number of likely N-dealkylation sites (N-methyl/N-ethyl adjacent to an activating group) is 1. The Morgan fingerprint density at radius 1 is 1.43 bits per heavy atom. The lowest BCUT2D eigenvalue weighted by atomic mass is 9.76. The fourth-order valence-electron chi connectivity index (χ4n) is 2.42. The van der Waals surface area contributed by atoms with Crippen molar-refractivity contribution in [3.8, 4) is 0 Å². The van der Waals surface area contributed by atoms with Gasteiger partial charge in [0.05, 0.1) is 0 Å². The van der Waals surface area contributed by atoms with Gasteiger partial charge in [0.15, 0.2) is 0 Å². The average molecular weight is 380 g/mol. The second kappa shape index (κ2) is 5.83. The van der Waals surface area contributed by atoms with Crippen LogP contribution in [0.2, 0.25) is 0 Å². The summed E-state index contributed by atoms with van der Waals surface area (Å²) in [5.74, 6) is -0.823. The maximum absolute atomic E-state index is 13.9. The van der Waals surface area contributed by atoms with Crippen molar-refractivity contribution in [1.82, 2.24) is 9.62 Å². The van der Waals surface area contributed by atoms with E-state index in [1.54, 1.807) is 0 Å². The highest BCUT2D eigenvalue weighted by atomic mass is 79.9. The van der Waals surface area contributed by atoms with Gasteiger partial charge in [-0.25, -0.2) is 17.5 Å². The van der Waals surface area contributed by atoms with E-state index in [1.807, 2.05) is 19.0 Å². The minimum absolute atomic E-state index is 0.176. The van der Waals surface area contributed by atoms with Crippen LogP contribution in [0, 0.1) is 5.82 Å². The van der Waals surface area contributed by atoms with Gasteiger partial charge in [0.1, 0.15) is 10.7 Å². The topological polar surface area (TPSA) is 75.4 Å². The molecule has 0 unspecified atom stereocenters. The number of rotatable bonds is 5. The first-order chi connectivity index (χ1) is 9.68. The molecule has 0 heterocycles. The molecule has 1 aliphatic rings. The first-order valence-electron chi connectivity index (χ1n) is 6.60. The molecule has 1 aromatic rings. The summed E-state index contributed by atoms with van der Waals surface area (Å²) in [6.07, 6.45) is 2.92. The summed E-state index contributed by atoms with van der Waals surface area (Å²) in [5, 5.41) is 0. The van der Waals surface area contributed by atoms with Crippen LogP contribution in [0.3, 0.4) is 0 Å². The molecular formula is C13H19BrFN3O2S. The molecule has 1 fully saturated rings. The molecule has 5 nitrogen and oxygen atoms in total. The molecule has 0 amide bonds. The van der Waals surface area contributed by atoms with Gasteiger partial charge >= 0.3 is 0 Å². The third kappa shape index (κ3) is 3.23. The SMILES string of the molecule is CN(C)C1(CNS(=O)(=O)c2cc(N)c(Br)cc2F)CCC1. The molecule has 8 heteroatoms. The summed E-state index contributed by atoms with van der Waals surface area (Å²) in [6.45, 7) is 0.262. The van der Waals surface area contributed by atoms with Crippen LogP contribution < -0.4 is 10.5 Å². The number of nitrogens with two attached hydrogens (primary N) is 1. The molecule has 0 bridgehead atoms. The largest absolute Gasteiger partial charge is 0.398 e. The van der Waals surface area contributed by atoms with E-state index in [2.05, 4.69) is 20.7 Å². The predicted octanol–water partition coefficient (Wildman–Crippen LogP) is 1.93. The number of sulfonamides is 1. The Labute approximate surface area is 132 Å². The van der Waals surface area contributed by atoms with Gasteiger partial charge in [-0.15, -0.1) is 0 Å². The predicted molar refractivity (Wildman–Crippen MR) is 84.0 cm³/mol. The summed E-state index contributed by atoms with van der Waals surface area (Å²) in [4.78, 5) is 1.60. The smallest absolute Gasteiger partial charge is 0.243 e. The Hall–Kier alpha value is -0.700. The molecule has 21 heavy (non-hydrogen) atoms. The van der Waals surface area contributed by atoms with Crippen molar-refractivity contribution in [3.05, 3.63) is 22.4 Å². The zero-order valence-electron chi connectivity index (χ0n) is 12.0. The number of anilines is 1. The van der Waals surface area contributed by atoms with Crippen molar-refractivity contribution < 1.29 is 12.8 Å². The maximum Gasteiger partial charge on any atom is 0.243 e. The molecule has 0 aliphatic heterocycles. The molecule has 118 valence electrons. The molecule has 1 aliphatic carbocycles. The van der Waals surface area contributed by atoms with E-state index in [9.17, 15) is 12.8 Å². The van der Waals surface area contributed by atoms with Crippen molar-refractivity contribution >= 4 is 31.6 Å². The van der Waals surface area contributed by atoms with Crippen molar-refractivity contribution in [1.29, 1.82) is 0 Å². The van der Waals surface area contributed by atoms with Crippen molar-refractivity contribution in [2.24, 2.45) is 0 Å². The first kappa shape index (κ1) is 16.7. The van der Waals surface area contributed by atoms with Gasteiger partial charge in [-0.2, -0.15) is 0 Å². The standard InChI is InChI=1S/C13H19BrFN3O2S/c1-18(2)13(4-3-5-13)8-17-21(19,20)12-7-11(16)9(14)6-10(12)15/h6-7,17H,3-5,8,16H2,1-2H3. The summed E-state index contributed by atoms with van der Waals surface area (Å²) in [6, 6.07) is 2.19. The Bertz CT molecular complexity index is 645. The van der Waals surface area contributed by atoms with E-state index < -0.39 is 20.7 Å². The maximum atomic E-state index is 13.9. The van der Waals surface area contributed by atoms with E-state index >= 15 is 0 Å². The lowest BCUT2D eigenvalue weighted by Gasteiger charge is -2.47. The van der Waals surface area contributed by atoms with Gasteiger partial charge in [0, 0.05) is 22.2 Å². The van der Waals surface area contributed by atoms with Crippen LogP contribution >= 0.6 is 15.9 Å². The van der Waals surface area contributed by atoms with E-state index in [4.69, 9.17) is 5.73 Å². The highest BCUT2D eigenvalue weighted by molar-refractivity contribution is 9.10. The van der Waals surface area contributed by atoms with Crippen molar-refractivity contribution in [2.45, 2.75) is 29.7 Å². The molecule has 2 rings (SSSR count). The van der Waals surface area contributed by atoms with Crippen LogP contribution in [-0.4, -0.2) is 39.5 Å². The number of hydrogen-bond acceptors (Lipinski definition) is 4. The lowest BCUT2D eigenvalue weighted by molar-refractivity contribution is 0.0656. The third-order valence-corrected chi connectivity index (χ3v) is 6.27. The Morgan fingerprint density at radius 2 is 2.05 bits per heavy atom. The van der Waals surface area contributed by atoms with Gasteiger partial charge in [0.25, 0.3) is 0 Å². The molecule has 0 atom stereocenters. The van der Waals surface area contributed by atoms with Gasteiger partial charge in [0.2, 0.25) is 10.0 Å². The minimum atomic E-state index is -3.93. The van der Waals surface area contributed by atoms with Crippen LogP contribution in [0.4, 0.5) is 10.1 Å². The van der Waals surface area contributed by atoms with Gasteiger partial charge in [-0.3, -0.25) is 0 Å². The van der Waals surface area contributed by atoms with E-state index in [0.29, 0.717) is 4.47 Å². The zero-order chi connectivity index (χ0) is 15.8. The number of nitrogens with one attached hydrogen (secondary N) is 1. The van der Waals surface area contributed by atoms with E-state index in [0.717, 1.165) is 31.4 Å². The average Bonchev–Trinajstić information content (AvgIpc) is 2.31. The highest BCUT2D eigenvalue weighted by Crippen LogP contribution is 2.36. The van der Waals surface area contributed by atoms with Crippen LogP contribution in [-0.2, 0) is 10.0 Å². The zero-order valence-corrected chi connectivity index (χ0v) is 14.4. The highest BCUT2D eigenvalue weighted by Gasteiger charge is 2.40. The van der Waals surface area contributed by atoms with Crippen LogP contribution in [0.1, 0.15) is 19.3 Å². The van der Waals surface area contributed by atoms with Crippen molar-refractivity contribution in [2.75, 3.05) is 26.4 Å². The number of nitrogens with zero attached hydrogens (tertiary/aromatic N) is 1. The number of hydrogen-bond donors (Lipinski definition) is 2. The lowest BCUT2D eigenvalue weighted by Crippen LogP contribution is -2.57. The summed E-state index contributed by atoms with van der Waals surface area (Å²) in [7, 11) is -0.0811. The van der Waals surface area contributed by atoms with Crippen LogP contribution in [0.25, 0.3) is 0 Å². The van der Waals surface area contributed by atoms with E-state index in [-0.39, 0.29) is 17.8 Å². The molecular weight excluding hydrogens is 361 g/mol. The second-order valence-electron chi connectivity index (χ2n) is 5.60. The van der Waals surface area contributed by atoms with Crippen LogP contribution in [0.5, 0.6) is 0 Å². The minimum Gasteiger partial charge on any atom is -0.398 e. The summed E-state index contributed by atoms with van der Waals surface area (Å²) >= 11 is 3.07. The normalized spacial score (nSPS) is 17.8. The molecule has 1 aromatic carbocycles. The Balaban J connectivity index is 2.21. The van der Waals surface area contributed by atoms with Gasteiger partial charge in [-0.05, 0) is 61.4 Å². The van der Waals surface area contributed by atoms with Gasteiger partial charge < -0.3 is 10.6 Å². The quantitative estimate of drug-likeness (QED) is 0.766. The first-order valence-corrected chi connectivity index (χ1v) is 8.87. The third-order valence-electron chi connectivity index (χ3n) is 4.16. The monoisotopic (exact) mass is 379 g/mol. The molecule has 3 N–H and O–H groups in total. The summed E-state index contributed by atoms with van der Waals surface area (Å²) < 4.78 is 41.3. The molecule has 0 spiro atoms. The summed E-state index contributed by atoms with van der Waals surface area (Å²) in [5.41, 5.74) is 5.65. The Morgan fingerprint density at radius 3 is 2.52 bits per heavy atom. The van der Waals surface area contributed by atoms with Crippen LogP contribution in [0.15, 0.2) is 21.5 Å². The molecule has 0 aromatic heterocycles. The second-order valence-corrected chi connectivity index (χ2v) is 8.19. The molecule has 1 saturated carbocycles. The molecule has 0 saturated heterocycles. The van der Waals surface area contributed by atoms with E-state index in [1.165, 1.54) is 0 Å². The van der Waals surface area contributed by atoms with Crippen molar-refractivity contribution in [3.63, 3.8) is 0 Å². The number of nitrogen functional groups attached to an aromatic ring is 1. The number of halogens is 2. The fourth-order valence-corrected chi connectivity index (χ4v) is 3.95. The van der Waals surface area contributed by atoms with Gasteiger partial charge in [-0.1, -0.05) is 0 Å². The number of benzene rings is 1. The molecule has 0 radical (unpaired) electrons.